The second kappa shape index (κ2) is 2.03. The minimum Gasteiger partial charge on any atom is -0.313 e. The highest BCUT2D eigenvalue weighted by Gasteiger charge is 2.34. The molecule has 0 bridgehead atoms. The lowest BCUT2D eigenvalue weighted by Gasteiger charge is -2.44. The SMILES string of the molecule is C=CN(N)C1(C)CCC1. The molecule has 2 nitrogen and oxygen atoms in total. The van der Waals surface area contributed by atoms with Gasteiger partial charge >= 0.3 is 0 Å². The Hall–Kier alpha value is -0.500. The van der Waals surface area contributed by atoms with Gasteiger partial charge in [-0.05, 0) is 26.2 Å². The van der Waals surface area contributed by atoms with Gasteiger partial charge in [-0.2, -0.15) is 0 Å². The molecule has 0 saturated heterocycles. The minimum atomic E-state index is 0.224. The van der Waals surface area contributed by atoms with Gasteiger partial charge in [0.25, 0.3) is 0 Å². The maximum absolute atomic E-state index is 5.63. The van der Waals surface area contributed by atoms with Crippen molar-refractivity contribution in [3.8, 4) is 0 Å². The first-order chi connectivity index (χ1) is 4.19. The van der Waals surface area contributed by atoms with Crippen LogP contribution in [-0.4, -0.2) is 10.5 Å². The molecule has 52 valence electrons. The Morgan fingerprint density at radius 3 is 2.33 bits per heavy atom. The maximum atomic E-state index is 5.63. The molecule has 0 radical (unpaired) electrons. The summed E-state index contributed by atoms with van der Waals surface area (Å²) in [6, 6.07) is 0. The standard InChI is InChI=1S/C7H14N2/c1-3-9(8)7(2)5-4-6-7/h3H,1,4-6,8H2,2H3. The molecule has 0 spiro atoms. The molecule has 0 unspecified atom stereocenters. The van der Waals surface area contributed by atoms with Crippen molar-refractivity contribution in [2.45, 2.75) is 31.7 Å². The van der Waals surface area contributed by atoms with Crippen molar-refractivity contribution in [3.63, 3.8) is 0 Å². The van der Waals surface area contributed by atoms with Crippen molar-refractivity contribution >= 4 is 0 Å². The van der Waals surface area contributed by atoms with E-state index in [1.54, 1.807) is 11.2 Å². The van der Waals surface area contributed by atoms with Crippen LogP contribution < -0.4 is 5.84 Å². The van der Waals surface area contributed by atoms with E-state index in [-0.39, 0.29) is 5.54 Å². The lowest BCUT2D eigenvalue weighted by Crippen LogP contribution is -2.51. The summed E-state index contributed by atoms with van der Waals surface area (Å²) in [4.78, 5) is 0. The predicted octanol–water partition coefficient (Wildman–Crippen LogP) is 1.25. The van der Waals surface area contributed by atoms with E-state index in [4.69, 9.17) is 5.84 Å². The van der Waals surface area contributed by atoms with Crippen LogP contribution in [0.15, 0.2) is 12.8 Å². The topological polar surface area (TPSA) is 29.3 Å². The quantitative estimate of drug-likeness (QED) is 0.445. The highest BCUT2D eigenvalue weighted by Crippen LogP contribution is 2.35. The summed E-state index contributed by atoms with van der Waals surface area (Å²) in [6.45, 7) is 5.77. The van der Waals surface area contributed by atoms with Gasteiger partial charge in [-0.1, -0.05) is 6.58 Å². The number of hydrogen-bond acceptors (Lipinski definition) is 2. The second-order valence-corrected chi connectivity index (χ2v) is 2.94. The van der Waals surface area contributed by atoms with E-state index in [1.807, 2.05) is 0 Å². The van der Waals surface area contributed by atoms with E-state index in [1.165, 1.54) is 19.3 Å². The van der Waals surface area contributed by atoms with E-state index in [2.05, 4.69) is 13.5 Å². The molecule has 0 amide bonds. The zero-order valence-corrected chi connectivity index (χ0v) is 5.93. The summed E-state index contributed by atoms with van der Waals surface area (Å²) in [6.07, 6.45) is 5.40. The van der Waals surface area contributed by atoms with E-state index in [9.17, 15) is 0 Å². The molecular weight excluding hydrogens is 112 g/mol. The third-order valence-corrected chi connectivity index (χ3v) is 2.25. The molecule has 1 rings (SSSR count). The van der Waals surface area contributed by atoms with Crippen LogP contribution in [0.25, 0.3) is 0 Å². The Balaban J connectivity index is 2.48. The first kappa shape index (κ1) is 6.62. The molecule has 2 N–H and O–H groups in total. The molecule has 2 heteroatoms. The Bertz CT molecular complexity index is 116. The average Bonchev–Trinajstić information content (AvgIpc) is 1.81. The predicted molar refractivity (Wildman–Crippen MR) is 38.5 cm³/mol. The highest BCUT2D eigenvalue weighted by molar-refractivity contribution is 4.94. The molecule has 0 aromatic heterocycles. The average molecular weight is 126 g/mol. The van der Waals surface area contributed by atoms with E-state index in [0.717, 1.165) is 0 Å². The molecule has 1 saturated carbocycles. The summed E-state index contributed by atoms with van der Waals surface area (Å²) in [7, 11) is 0. The lowest BCUT2D eigenvalue weighted by atomic mass is 9.78. The fourth-order valence-corrected chi connectivity index (χ4v) is 1.17. The number of nitrogens with zero attached hydrogens (tertiary/aromatic N) is 1. The van der Waals surface area contributed by atoms with Crippen molar-refractivity contribution in [3.05, 3.63) is 12.8 Å². The number of hydrogen-bond donors (Lipinski definition) is 1. The fourth-order valence-electron chi connectivity index (χ4n) is 1.17. The van der Waals surface area contributed by atoms with Crippen LogP contribution in [0.5, 0.6) is 0 Å². The van der Waals surface area contributed by atoms with Gasteiger partial charge in [-0.3, -0.25) is 0 Å². The summed E-state index contributed by atoms with van der Waals surface area (Å²) in [5, 5.41) is 1.72. The van der Waals surface area contributed by atoms with Gasteiger partial charge < -0.3 is 5.01 Å². The molecule has 0 aliphatic heterocycles. The summed E-state index contributed by atoms with van der Waals surface area (Å²) >= 11 is 0. The number of nitrogens with two attached hydrogens (primary N) is 1. The Morgan fingerprint density at radius 1 is 1.67 bits per heavy atom. The van der Waals surface area contributed by atoms with Gasteiger partial charge in [0.05, 0.1) is 5.54 Å². The van der Waals surface area contributed by atoms with Crippen LogP contribution in [0.3, 0.4) is 0 Å². The normalized spacial score (nSPS) is 22.4. The van der Waals surface area contributed by atoms with Crippen molar-refractivity contribution in [2.24, 2.45) is 5.84 Å². The van der Waals surface area contributed by atoms with Crippen molar-refractivity contribution in [2.75, 3.05) is 0 Å². The van der Waals surface area contributed by atoms with Crippen molar-refractivity contribution < 1.29 is 0 Å². The molecule has 1 aliphatic carbocycles. The molecule has 0 heterocycles. The van der Waals surface area contributed by atoms with E-state index >= 15 is 0 Å². The van der Waals surface area contributed by atoms with E-state index in [0.29, 0.717) is 0 Å². The summed E-state index contributed by atoms with van der Waals surface area (Å²) in [5.41, 5.74) is 0.224. The monoisotopic (exact) mass is 126 g/mol. The largest absolute Gasteiger partial charge is 0.313 e. The highest BCUT2D eigenvalue weighted by atomic mass is 15.4. The van der Waals surface area contributed by atoms with Crippen molar-refractivity contribution in [1.29, 1.82) is 0 Å². The van der Waals surface area contributed by atoms with Crippen molar-refractivity contribution in [1.82, 2.24) is 5.01 Å². The zero-order chi connectivity index (χ0) is 6.91. The molecule has 0 atom stereocenters. The number of hydrazine groups is 1. The Labute approximate surface area is 56.3 Å². The Kier molecular flexibility index (Phi) is 1.49. The third kappa shape index (κ3) is 0.944. The Morgan fingerprint density at radius 2 is 2.22 bits per heavy atom. The van der Waals surface area contributed by atoms with Gasteiger partial charge in [0.15, 0.2) is 0 Å². The molecule has 9 heavy (non-hydrogen) atoms. The van der Waals surface area contributed by atoms with Crippen LogP contribution in [0.2, 0.25) is 0 Å². The van der Waals surface area contributed by atoms with Gasteiger partial charge in [0, 0.05) is 6.20 Å². The molecular formula is C7H14N2. The van der Waals surface area contributed by atoms with Crippen LogP contribution in [0.4, 0.5) is 0 Å². The minimum absolute atomic E-state index is 0.224. The smallest absolute Gasteiger partial charge is 0.0526 e. The lowest BCUT2D eigenvalue weighted by molar-refractivity contribution is 0.0765. The first-order valence-electron chi connectivity index (χ1n) is 3.36. The zero-order valence-electron chi connectivity index (χ0n) is 5.93. The van der Waals surface area contributed by atoms with Gasteiger partial charge in [0.1, 0.15) is 0 Å². The van der Waals surface area contributed by atoms with Crippen LogP contribution in [0, 0.1) is 0 Å². The fraction of sp³-hybridized carbons (Fsp3) is 0.714. The van der Waals surface area contributed by atoms with Gasteiger partial charge in [-0.15, -0.1) is 0 Å². The molecule has 0 aromatic carbocycles. The molecule has 0 aromatic rings. The summed E-state index contributed by atoms with van der Waals surface area (Å²) in [5.74, 6) is 5.63. The van der Waals surface area contributed by atoms with Gasteiger partial charge in [0.2, 0.25) is 0 Å². The van der Waals surface area contributed by atoms with Gasteiger partial charge in [-0.25, -0.2) is 5.84 Å². The first-order valence-corrected chi connectivity index (χ1v) is 3.36. The second-order valence-electron chi connectivity index (χ2n) is 2.94. The summed E-state index contributed by atoms with van der Waals surface area (Å²) < 4.78 is 0. The molecule has 1 aliphatic rings. The van der Waals surface area contributed by atoms with Crippen LogP contribution >= 0.6 is 0 Å². The molecule has 1 fully saturated rings. The van der Waals surface area contributed by atoms with Crippen LogP contribution in [-0.2, 0) is 0 Å². The third-order valence-electron chi connectivity index (χ3n) is 2.25. The van der Waals surface area contributed by atoms with Crippen LogP contribution in [0.1, 0.15) is 26.2 Å². The van der Waals surface area contributed by atoms with E-state index < -0.39 is 0 Å². The maximum Gasteiger partial charge on any atom is 0.0526 e. The number of rotatable bonds is 2.